The van der Waals surface area contributed by atoms with Crippen LogP contribution in [-0.2, 0) is 0 Å². The number of aromatic nitrogens is 3. The average molecular weight is 308 g/mol. The number of para-hydroxylation sites is 1. The van der Waals surface area contributed by atoms with Gasteiger partial charge in [0.15, 0.2) is 5.69 Å². The molecule has 1 amide bonds. The second-order valence-electron chi connectivity index (χ2n) is 5.04. The van der Waals surface area contributed by atoms with Gasteiger partial charge in [-0.05, 0) is 25.0 Å². The molecule has 1 saturated heterocycles. The van der Waals surface area contributed by atoms with Crippen molar-refractivity contribution in [2.45, 2.75) is 18.9 Å². The smallest absolute Gasteiger partial charge is 0.276 e. The molecule has 6 nitrogen and oxygen atoms in total. The van der Waals surface area contributed by atoms with E-state index in [2.05, 4.69) is 10.3 Å². The summed E-state index contributed by atoms with van der Waals surface area (Å²) in [7, 11) is 0. The van der Waals surface area contributed by atoms with Crippen LogP contribution in [0, 0.1) is 0 Å². The van der Waals surface area contributed by atoms with Gasteiger partial charge in [0.05, 0.1) is 11.9 Å². The molecule has 21 heavy (non-hydrogen) atoms. The zero-order valence-electron chi connectivity index (χ0n) is 11.6. The van der Waals surface area contributed by atoms with Gasteiger partial charge in [-0.2, -0.15) is 0 Å². The Bertz CT molecular complexity index is 600. The summed E-state index contributed by atoms with van der Waals surface area (Å²) in [5.74, 6) is -0.0951. The lowest BCUT2D eigenvalue weighted by molar-refractivity contribution is 0.0702. The number of hydrogen-bond acceptors (Lipinski definition) is 4. The molecule has 112 valence electrons. The van der Waals surface area contributed by atoms with Crippen LogP contribution in [0.2, 0.25) is 0 Å². The van der Waals surface area contributed by atoms with Crippen LogP contribution in [0.15, 0.2) is 36.5 Å². The Morgan fingerprint density at radius 2 is 2.05 bits per heavy atom. The Labute approximate surface area is 129 Å². The number of rotatable bonds is 2. The van der Waals surface area contributed by atoms with Crippen LogP contribution >= 0.6 is 12.4 Å². The summed E-state index contributed by atoms with van der Waals surface area (Å²) in [5.41, 5.74) is 7.15. The fourth-order valence-corrected chi connectivity index (χ4v) is 2.43. The molecular weight excluding hydrogens is 290 g/mol. The quantitative estimate of drug-likeness (QED) is 0.906. The van der Waals surface area contributed by atoms with E-state index in [0.717, 1.165) is 25.1 Å². The molecule has 3 rings (SSSR count). The van der Waals surface area contributed by atoms with E-state index in [0.29, 0.717) is 12.2 Å². The van der Waals surface area contributed by atoms with Gasteiger partial charge in [0.1, 0.15) is 0 Å². The number of amides is 1. The molecule has 0 radical (unpaired) electrons. The van der Waals surface area contributed by atoms with E-state index in [4.69, 9.17) is 5.73 Å². The van der Waals surface area contributed by atoms with Crippen LogP contribution < -0.4 is 5.73 Å². The number of piperidine rings is 1. The number of carbonyl (C=O) groups excluding carboxylic acids is 1. The van der Waals surface area contributed by atoms with Crippen LogP contribution in [0.1, 0.15) is 23.3 Å². The molecule has 1 aliphatic heterocycles. The molecule has 0 saturated carbocycles. The van der Waals surface area contributed by atoms with Gasteiger partial charge in [-0.1, -0.05) is 23.4 Å². The Balaban J connectivity index is 0.00000161. The maximum atomic E-state index is 12.3. The molecule has 0 aliphatic carbocycles. The molecule has 1 unspecified atom stereocenters. The number of nitrogens with two attached hydrogens (primary N) is 1. The summed E-state index contributed by atoms with van der Waals surface area (Å²) in [6.07, 6.45) is 3.58. The summed E-state index contributed by atoms with van der Waals surface area (Å²) in [4.78, 5) is 14.1. The molecule has 2 N–H and O–H groups in total. The normalized spacial score (nSPS) is 18.1. The minimum absolute atomic E-state index is 0. The second kappa shape index (κ2) is 6.69. The zero-order chi connectivity index (χ0) is 13.9. The standard InChI is InChI=1S/C14H17N5O.ClH/c15-11-5-4-8-18(9-11)14(20)13-10-19(17-16-13)12-6-2-1-3-7-12;/h1-3,6-7,10-11H,4-5,8-9,15H2;1H. The van der Waals surface area contributed by atoms with Crippen molar-refractivity contribution in [3.8, 4) is 5.69 Å². The van der Waals surface area contributed by atoms with Crippen LogP contribution in [0.5, 0.6) is 0 Å². The highest BCUT2D eigenvalue weighted by atomic mass is 35.5. The number of likely N-dealkylation sites (tertiary alicyclic amines) is 1. The van der Waals surface area contributed by atoms with Crippen molar-refractivity contribution >= 4 is 18.3 Å². The molecule has 1 aliphatic rings. The molecule has 1 aromatic heterocycles. The average Bonchev–Trinajstić information content (AvgIpc) is 2.97. The number of benzene rings is 1. The molecule has 1 atom stereocenters. The molecular formula is C14H18ClN5O. The van der Waals surface area contributed by atoms with Crippen LogP contribution in [0.25, 0.3) is 5.69 Å². The van der Waals surface area contributed by atoms with E-state index in [1.165, 1.54) is 0 Å². The third kappa shape index (κ3) is 3.40. The van der Waals surface area contributed by atoms with Gasteiger partial charge in [-0.25, -0.2) is 4.68 Å². The first-order chi connectivity index (χ1) is 9.74. The summed E-state index contributed by atoms with van der Waals surface area (Å²) in [6, 6.07) is 9.67. The van der Waals surface area contributed by atoms with Gasteiger partial charge in [0.25, 0.3) is 5.91 Å². The third-order valence-electron chi connectivity index (χ3n) is 3.48. The largest absolute Gasteiger partial charge is 0.336 e. The monoisotopic (exact) mass is 307 g/mol. The van der Waals surface area contributed by atoms with Crippen LogP contribution in [0.3, 0.4) is 0 Å². The van der Waals surface area contributed by atoms with Crippen molar-refractivity contribution in [2.24, 2.45) is 5.73 Å². The van der Waals surface area contributed by atoms with E-state index < -0.39 is 0 Å². The summed E-state index contributed by atoms with van der Waals surface area (Å²) in [5, 5.41) is 7.98. The van der Waals surface area contributed by atoms with E-state index in [9.17, 15) is 4.79 Å². The molecule has 0 spiro atoms. The highest BCUT2D eigenvalue weighted by molar-refractivity contribution is 5.92. The van der Waals surface area contributed by atoms with Crippen molar-refractivity contribution < 1.29 is 4.79 Å². The van der Waals surface area contributed by atoms with E-state index >= 15 is 0 Å². The topological polar surface area (TPSA) is 77.0 Å². The van der Waals surface area contributed by atoms with Gasteiger partial charge in [-0.15, -0.1) is 17.5 Å². The number of halogens is 1. The van der Waals surface area contributed by atoms with E-state index in [-0.39, 0.29) is 24.4 Å². The Morgan fingerprint density at radius 1 is 1.29 bits per heavy atom. The predicted molar refractivity (Wildman–Crippen MR) is 81.7 cm³/mol. The summed E-state index contributed by atoms with van der Waals surface area (Å²) >= 11 is 0. The fraction of sp³-hybridized carbons (Fsp3) is 0.357. The fourth-order valence-electron chi connectivity index (χ4n) is 2.43. The lowest BCUT2D eigenvalue weighted by atomic mass is 10.1. The minimum atomic E-state index is -0.0951. The molecule has 2 aromatic rings. The Kier molecular flexibility index (Phi) is 4.93. The maximum Gasteiger partial charge on any atom is 0.276 e. The van der Waals surface area contributed by atoms with E-state index in [1.807, 2.05) is 30.3 Å². The van der Waals surface area contributed by atoms with Gasteiger partial charge >= 0.3 is 0 Å². The van der Waals surface area contributed by atoms with Crippen molar-refractivity contribution in [1.82, 2.24) is 19.9 Å². The lowest BCUT2D eigenvalue weighted by Gasteiger charge is -2.29. The lowest BCUT2D eigenvalue weighted by Crippen LogP contribution is -2.45. The van der Waals surface area contributed by atoms with Crippen molar-refractivity contribution in [2.75, 3.05) is 13.1 Å². The van der Waals surface area contributed by atoms with Crippen molar-refractivity contribution in [1.29, 1.82) is 0 Å². The van der Waals surface area contributed by atoms with Crippen LogP contribution in [-0.4, -0.2) is 44.9 Å². The number of hydrogen-bond donors (Lipinski definition) is 1. The highest BCUT2D eigenvalue weighted by Crippen LogP contribution is 2.12. The molecule has 2 heterocycles. The SMILES string of the molecule is Cl.NC1CCCN(C(=O)c2cn(-c3ccccc3)nn2)C1. The summed E-state index contributed by atoms with van der Waals surface area (Å²) < 4.78 is 1.61. The first-order valence-corrected chi connectivity index (χ1v) is 6.76. The highest BCUT2D eigenvalue weighted by Gasteiger charge is 2.24. The number of carbonyl (C=O) groups is 1. The van der Waals surface area contributed by atoms with Gasteiger partial charge in [0.2, 0.25) is 0 Å². The van der Waals surface area contributed by atoms with Crippen molar-refractivity contribution in [3.05, 3.63) is 42.2 Å². The van der Waals surface area contributed by atoms with Crippen molar-refractivity contribution in [3.63, 3.8) is 0 Å². The summed E-state index contributed by atoms with van der Waals surface area (Å²) in [6.45, 7) is 1.34. The first kappa shape index (κ1) is 15.5. The van der Waals surface area contributed by atoms with Gasteiger partial charge in [-0.3, -0.25) is 4.79 Å². The Morgan fingerprint density at radius 3 is 2.76 bits per heavy atom. The molecule has 1 aromatic carbocycles. The zero-order valence-corrected chi connectivity index (χ0v) is 12.4. The molecule has 1 fully saturated rings. The number of nitrogens with zero attached hydrogens (tertiary/aromatic N) is 4. The third-order valence-corrected chi connectivity index (χ3v) is 3.48. The first-order valence-electron chi connectivity index (χ1n) is 6.76. The van der Waals surface area contributed by atoms with E-state index in [1.54, 1.807) is 15.8 Å². The van der Waals surface area contributed by atoms with Gasteiger partial charge in [0, 0.05) is 19.1 Å². The molecule has 0 bridgehead atoms. The minimum Gasteiger partial charge on any atom is -0.336 e. The molecule has 7 heteroatoms. The van der Waals surface area contributed by atoms with Gasteiger partial charge < -0.3 is 10.6 Å². The Hall–Kier alpha value is -1.92. The predicted octanol–water partition coefficient (Wildman–Crippen LogP) is 1.25. The maximum absolute atomic E-state index is 12.3. The van der Waals surface area contributed by atoms with Crippen LogP contribution in [0.4, 0.5) is 0 Å². The second-order valence-corrected chi connectivity index (χ2v) is 5.04.